The minimum absolute atomic E-state index is 0.551. The third-order valence-corrected chi connectivity index (χ3v) is 13.4. The number of hydrogen-bond donors (Lipinski definition) is 0. The van der Waals surface area contributed by atoms with Gasteiger partial charge in [0.1, 0.15) is 0 Å². The second kappa shape index (κ2) is 16.0. The maximum absolute atomic E-state index is 9.79. The van der Waals surface area contributed by atoms with Crippen molar-refractivity contribution in [1.29, 1.82) is 5.26 Å². The van der Waals surface area contributed by atoms with Gasteiger partial charge in [-0.05, 0) is 100 Å². The van der Waals surface area contributed by atoms with Gasteiger partial charge in [0.2, 0.25) is 0 Å². The molecule has 0 bridgehead atoms. The molecule has 0 fully saturated rings. The summed E-state index contributed by atoms with van der Waals surface area (Å²) in [6.45, 7) is 7.71. The second-order valence-electron chi connectivity index (χ2n) is 16.2. The Labute approximate surface area is 384 Å². The zero-order valence-electron chi connectivity index (χ0n) is 35.2. The van der Waals surface area contributed by atoms with Crippen molar-refractivity contribution >= 4 is 59.0 Å². The summed E-state index contributed by atoms with van der Waals surface area (Å²) >= 11 is 1.81. The smallest absolute Gasteiger partial charge is 0.187 e. The molecule has 0 spiro atoms. The molecule has 0 aliphatic carbocycles. The first-order chi connectivity index (χ1) is 32.6. The Balaban J connectivity index is 1.14. The Morgan fingerprint density at radius 2 is 0.955 bits per heavy atom. The predicted octanol–water partition coefficient (Wildman–Crippen LogP) is 15.8. The van der Waals surface area contributed by atoms with Gasteiger partial charge in [-0.15, -0.1) is 11.3 Å². The van der Waals surface area contributed by atoms with Gasteiger partial charge in [-0.1, -0.05) is 140 Å². The number of rotatable bonds is 7. The Hall–Kier alpha value is -9.01. The molecular formula is C59H34N6S. The van der Waals surface area contributed by atoms with Gasteiger partial charge in [0.15, 0.2) is 23.2 Å². The number of aromatic nitrogens is 4. The molecule has 12 aromatic rings. The van der Waals surface area contributed by atoms with E-state index in [-0.39, 0.29) is 0 Å². The molecule has 12 rings (SSSR count). The minimum Gasteiger partial charge on any atom is -0.308 e. The molecule has 0 radical (unpaired) electrons. The molecule has 3 aromatic heterocycles. The lowest BCUT2D eigenvalue weighted by Gasteiger charge is -2.16. The second-order valence-corrected chi connectivity index (χ2v) is 17.3. The van der Waals surface area contributed by atoms with E-state index in [1.54, 1.807) is 0 Å². The molecule has 0 atom stereocenters. The number of fused-ring (bicyclic) bond motifs is 6. The Morgan fingerprint density at radius 1 is 0.424 bits per heavy atom. The molecular weight excluding hydrogens is 825 g/mol. The molecule has 7 heteroatoms. The van der Waals surface area contributed by atoms with Gasteiger partial charge in [0.05, 0.1) is 34.9 Å². The number of hydrogen-bond acceptors (Lipinski definition) is 5. The van der Waals surface area contributed by atoms with Crippen molar-refractivity contribution in [2.24, 2.45) is 0 Å². The normalized spacial score (nSPS) is 11.3. The zero-order chi connectivity index (χ0) is 44.1. The van der Waals surface area contributed by atoms with E-state index in [1.165, 1.54) is 20.2 Å². The van der Waals surface area contributed by atoms with E-state index in [0.717, 1.165) is 77.6 Å². The minimum atomic E-state index is 0.551. The number of nitrogens with zero attached hydrogens (tertiary/aromatic N) is 6. The van der Waals surface area contributed by atoms with Crippen molar-refractivity contribution in [3.8, 4) is 79.3 Å². The molecule has 0 aliphatic rings. The van der Waals surface area contributed by atoms with Crippen molar-refractivity contribution in [3.63, 3.8) is 0 Å². The predicted molar refractivity (Wildman–Crippen MR) is 271 cm³/mol. The first-order valence-electron chi connectivity index (χ1n) is 21.6. The van der Waals surface area contributed by atoms with Crippen LogP contribution in [0, 0.1) is 17.9 Å². The zero-order valence-corrected chi connectivity index (χ0v) is 36.0. The highest BCUT2D eigenvalue weighted by Crippen LogP contribution is 2.42. The highest BCUT2D eigenvalue weighted by atomic mass is 32.1. The van der Waals surface area contributed by atoms with Gasteiger partial charge in [0.25, 0.3) is 0 Å². The summed E-state index contributed by atoms with van der Waals surface area (Å²) < 4.78 is 4.82. The van der Waals surface area contributed by atoms with Gasteiger partial charge >= 0.3 is 0 Å². The third kappa shape index (κ3) is 6.76. The van der Waals surface area contributed by atoms with Gasteiger partial charge in [-0.2, -0.15) is 5.26 Å². The molecule has 0 N–H and O–H groups in total. The monoisotopic (exact) mass is 858 g/mol. The van der Waals surface area contributed by atoms with Gasteiger partial charge in [0, 0.05) is 47.6 Å². The first kappa shape index (κ1) is 38.6. The molecule has 0 amide bonds. The highest BCUT2D eigenvalue weighted by molar-refractivity contribution is 7.25. The molecule has 306 valence electrons. The van der Waals surface area contributed by atoms with E-state index in [1.807, 2.05) is 114 Å². The number of thiophene rings is 1. The maximum atomic E-state index is 9.79. The average Bonchev–Trinajstić information content (AvgIpc) is 3.93. The van der Waals surface area contributed by atoms with Crippen LogP contribution < -0.4 is 0 Å². The summed E-state index contributed by atoms with van der Waals surface area (Å²) in [7, 11) is 0. The van der Waals surface area contributed by atoms with E-state index in [9.17, 15) is 5.26 Å². The van der Waals surface area contributed by atoms with E-state index in [2.05, 4.69) is 119 Å². The topological polar surface area (TPSA) is 71.8 Å². The summed E-state index contributed by atoms with van der Waals surface area (Å²) in [5.41, 5.74) is 12.8. The molecule has 0 saturated carbocycles. The lowest BCUT2D eigenvalue weighted by Crippen LogP contribution is -2.04. The van der Waals surface area contributed by atoms with Crippen LogP contribution in [-0.2, 0) is 0 Å². The van der Waals surface area contributed by atoms with Crippen LogP contribution in [0.25, 0.3) is 120 Å². The molecule has 6 nitrogen and oxygen atoms in total. The van der Waals surface area contributed by atoms with E-state index >= 15 is 0 Å². The largest absolute Gasteiger partial charge is 0.308 e. The van der Waals surface area contributed by atoms with Gasteiger partial charge in [-0.3, -0.25) is 0 Å². The molecule has 9 aromatic carbocycles. The Bertz CT molecular complexity index is 3790. The number of nitriles is 1. The quantitative estimate of drug-likeness (QED) is 0.150. The van der Waals surface area contributed by atoms with Crippen LogP contribution in [0.15, 0.2) is 206 Å². The molecule has 0 saturated heterocycles. The molecule has 0 unspecified atom stereocenters. The fourth-order valence-corrected chi connectivity index (χ4v) is 10.2. The Morgan fingerprint density at radius 3 is 1.64 bits per heavy atom. The maximum Gasteiger partial charge on any atom is 0.187 e. The summed E-state index contributed by atoms with van der Waals surface area (Å²) in [5, 5.41) is 14.4. The fraction of sp³-hybridized carbons (Fsp3) is 0. The lowest BCUT2D eigenvalue weighted by atomic mass is 9.99. The number of benzene rings is 9. The van der Waals surface area contributed by atoms with Crippen LogP contribution >= 0.6 is 11.3 Å². The Kier molecular flexibility index (Phi) is 9.35. The highest BCUT2D eigenvalue weighted by Gasteiger charge is 2.22. The van der Waals surface area contributed by atoms with Crippen LogP contribution in [0.5, 0.6) is 0 Å². The molecule has 3 heterocycles. The van der Waals surface area contributed by atoms with Crippen molar-refractivity contribution < 1.29 is 0 Å². The van der Waals surface area contributed by atoms with Crippen molar-refractivity contribution in [2.45, 2.75) is 0 Å². The van der Waals surface area contributed by atoms with E-state index in [0.29, 0.717) is 28.7 Å². The van der Waals surface area contributed by atoms with Crippen molar-refractivity contribution in [2.75, 3.05) is 0 Å². The van der Waals surface area contributed by atoms with Crippen LogP contribution in [0.2, 0.25) is 0 Å². The van der Waals surface area contributed by atoms with E-state index in [4.69, 9.17) is 21.5 Å². The summed E-state index contributed by atoms with van der Waals surface area (Å²) in [4.78, 5) is 19.4. The van der Waals surface area contributed by atoms with Crippen LogP contribution in [0.1, 0.15) is 5.56 Å². The molecule has 0 aliphatic heterocycles. The summed E-state index contributed by atoms with van der Waals surface area (Å²) in [5.74, 6) is 1.72. The van der Waals surface area contributed by atoms with Crippen LogP contribution in [0.4, 0.5) is 5.69 Å². The average molecular weight is 859 g/mol. The van der Waals surface area contributed by atoms with E-state index < -0.39 is 0 Å². The SMILES string of the molecule is [C-]#[N+]c1cccc(-c2ccc3c(c2)c2cc(-c4cccc(C#N)c4)ccc2n3-c2ccc(-c3ccc4c(c3)sc3ccccc34)cc2-c2nc(-c3ccccc3)nc(-c3ccccc3)n2)c1. The standard InChI is InChI=1S/C59H34N6S/c1-61-46-19-11-18-41(31-46)43-24-28-53-50(33-43)49-32-42(40-17-10-12-37(30-40)36-60)23-27-52(49)65(53)54-29-25-44(45-22-26-48-47-20-8-9-21-55(47)66-56(48)35-45)34-51(54)59-63-57(38-13-4-2-5-14-38)62-58(64-59)39-15-6-3-7-16-39/h2-35H. The van der Waals surface area contributed by atoms with Crippen molar-refractivity contribution in [1.82, 2.24) is 19.5 Å². The summed E-state index contributed by atoms with van der Waals surface area (Å²) in [6.07, 6.45) is 0. The van der Waals surface area contributed by atoms with Crippen molar-refractivity contribution in [3.05, 3.63) is 223 Å². The van der Waals surface area contributed by atoms with Crippen LogP contribution in [-0.4, -0.2) is 19.5 Å². The lowest BCUT2D eigenvalue weighted by molar-refractivity contribution is 1.06. The van der Waals surface area contributed by atoms with Gasteiger partial charge in [-0.25, -0.2) is 19.8 Å². The van der Waals surface area contributed by atoms with Crippen LogP contribution in [0.3, 0.4) is 0 Å². The first-order valence-corrected chi connectivity index (χ1v) is 22.4. The third-order valence-electron chi connectivity index (χ3n) is 12.3. The molecule has 66 heavy (non-hydrogen) atoms. The fourth-order valence-electron chi connectivity index (χ4n) is 9.09. The summed E-state index contributed by atoms with van der Waals surface area (Å²) in [6, 6.07) is 73.0. The van der Waals surface area contributed by atoms with Gasteiger partial charge < -0.3 is 4.57 Å².